The van der Waals surface area contributed by atoms with Crippen LogP contribution in [0.1, 0.15) is 30.1 Å². The van der Waals surface area contributed by atoms with Gasteiger partial charge in [0.1, 0.15) is 6.20 Å². The number of fused-ring (bicyclic) bond motifs is 1. The third kappa shape index (κ3) is 1.93. The number of anilines is 1. The van der Waals surface area contributed by atoms with Crippen LogP contribution in [0, 0.1) is 0 Å². The summed E-state index contributed by atoms with van der Waals surface area (Å²) in [6.45, 7) is 4.69. The van der Waals surface area contributed by atoms with Gasteiger partial charge in [-0.25, -0.2) is 9.48 Å². The molecule has 100 valence electrons. The van der Waals surface area contributed by atoms with Crippen LogP contribution in [0.5, 0.6) is 0 Å². The van der Waals surface area contributed by atoms with Crippen molar-refractivity contribution >= 4 is 17.4 Å². The molecule has 0 aromatic carbocycles. The summed E-state index contributed by atoms with van der Waals surface area (Å²) in [6, 6.07) is 1.95. The van der Waals surface area contributed by atoms with Gasteiger partial charge in [0.25, 0.3) is 0 Å². The summed E-state index contributed by atoms with van der Waals surface area (Å²) < 4.78 is 3.64. The van der Waals surface area contributed by atoms with E-state index in [4.69, 9.17) is 0 Å². The number of hydrogen-bond donors (Lipinski definition) is 1. The van der Waals surface area contributed by atoms with Gasteiger partial charge in [-0.2, -0.15) is 0 Å². The molecular formula is C13H17N4O2+. The topological polar surface area (TPSA) is 62.5 Å². The zero-order chi connectivity index (χ0) is 13.4. The van der Waals surface area contributed by atoms with Crippen molar-refractivity contribution in [3.8, 4) is 0 Å². The first-order valence-electron chi connectivity index (χ1n) is 6.61. The Hall–Kier alpha value is -2.11. The molecule has 0 amide bonds. The molecule has 0 radical (unpaired) electrons. The van der Waals surface area contributed by atoms with Crippen molar-refractivity contribution in [2.45, 2.75) is 26.3 Å². The molecule has 1 fully saturated rings. The fourth-order valence-corrected chi connectivity index (χ4v) is 2.58. The second-order valence-corrected chi connectivity index (χ2v) is 4.75. The van der Waals surface area contributed by atoms with Crippen LogP contribution in [0.4, 0.5) is 5.82 Å². The average molecular weight is 261 g/mol. The van der Waals surface area contributed by atoms with Crippen LogP contribution in [-0.2, 0) is 6.54 Å². The number of carboxylic acids is 1. The van der Waals surface area contributed by atoms with Gasteiger partial charge < -0.3 is 10.0 Å². The monoisotopic (exact) mass is 261 g/mol. The first-order chi connectivity index (χ1) is 9.20. The number of hydrogen-bond acceptors (Lipinski definition) is 3. The number of nitrogens with zero attached hydrogens (tertiary/aromatic N) is 4. The van der Waals surface area contributed by atoms with E-state index in [1.807, 2.05) is 23.9 Å². The Morgan fingerprint density at radius 1 is 1.47 bits per heavy atom. The Labute approximate surface area is 110 Å². The third-order valence-corrected chi connectivity index (χ3v) is 3.58. The Bertz CT molecular complexity index is 629. The highest BCUT2D eigenvalue weighted by atomic mass is 16.4. The number of aromatic nitrogens is 3. The first kappa shape index (κ1) is 12.0. The molecule has 3 rings (SSSR count). The van der Waals surface area contributed by atoms with E-state index in [1.165, 1.54) is 12.8 Å². The predicted molar refractivity (Wildman–Crippen MR) is 69.5 cm³/mol. The van der Waals surface area contributed by atoms with Crippen LogP contribution in [0.25, 0.3) is 5.65 Å². The van der Waals surface area contributed by atoms with E-state index in [9.17, 15) is 9.90 Å². The van der Waals surface area contributed by atoms with Crippen molar-refractivity contribution in [1.29, 1.82) is 0 Å². The summed E-state index contributed by atoms with van der Waals surface area (Å²) >= 11 is 0. The molecule has 0 spiro atoms. The van der Waals surface area contributed by atoms with E-state index in [0.717, 1.165) is 18.9 Å². The zero-order valence-electron chi connectivity index (χ0n) is 10.9. The minimum Gasteiger partial charge on any atom is -0.477 e. The molecule has 1 aliphatic heterocycles. The van der Waals surface area contributed by atoms with Gasteiger partial charge in [-0.05, 0) is 24.7 Å². The number of rotatable bonds is 3. The summed E-state index contributed by atoms with van der Waals surface area (Å²) in [7, 11) is 0. The van der Waals surface area contributed by atoms with Crippen molar-refractivity contribution in [2.75, 3.05) is 18.0 Å². The first-order valence-corrected chi connectivity index (χ1v) is 6.61. The highest BCUT2D eigenvalue weighted by Crippen LogP contribution is 2.18. The standard InChI is InChI=1S/C13H16N4O2/c1-2-16-9-10(13(18)19)12-14-11(5-8-17(12)16)15-6-3-4-7-15/h5,8-9H,2-4,6-7H2,1H3/p+1. The fraction of sp³-hybridized carbons (Fsp3) is 0.462. The van der Waals surface area contributed by atoms with Crippen LogP contribution in [0.3, 0.4) is 0 Å². The van der Waals surface area contributed by atoms with Crippen molar-refractivity contribution in [3.05, 3.63) is 24.0 Å². The molecule has 1 aliphatic rings. The molecule has 2 aromatic rings. The lowest BCUT2D eigenvalue weighted by Crippen LogP contribution is -2.33. The minimum atomic E-state index is -0.934. The molecule has 6 heteroatoms. The van der Waals surface area contributed by atoms with Gasteiger partial charge in [-0.15, -0.1) is 4.52 Å². The Morgan fingerprint density at radius 2 is 2.21 bits per heavy atom. The van der Waals surface area contributed by atoms with E-state index >= 15 is 0 Å². The molecule has 0 unspecified atom stereocenters. The zero-order valence-corrected chi connectivity index (χ0v) is 10.9. The smallest absolute Gasteiger partial charge is 0.365 e. The number of aromatic carboxylic acids is 1. The Kier molecular flexibility index (Phi) is 2.85. The molecule has 0 aliphatic carbocycles. The Morgan fingerprint density at radius 3 is 2.84 bits per heavy atom. The summed E-state index contributed by atoms with van der Waals surface area (Å²) in [4.78, 5) is 18.0. The molecule has 0 saturated carbocycles. The normalized spacial score (nSPS) is 15.3. The second kappa shape index (κ2) is 4.53. The highest BCUT2D eigenvalue weighted by Gasteiger charge is 2.25. The van der Waals surface area contributed by atoms with Crippen molar-refractivity contribution in [1.82, 2.24) is 9.67 Å². The van der Waals surface area contributed by atoms with Crippen LogP contribution in [-0.4, -0.2) is 33.8 Å². The summed E-state index contributed by atoms with van der Waals surface area (Å²) in [5.41, 5.74) is 0.765. The maximum Gasteiger partial charge on any atom is 0.365 e. The molecule has 19 heavy (non-hydrogen) atoms. The molecule has 0 bridgehead atoms. The van der Waals surface area contributed by atoms with Gasteiger partial charge >= 0.3 is 11.6 Å². The lowest BCUT2D eigenvalue weighted by molar-refractivity contribution is -0.611. The molecule has 0 atom stereocenters. The average Bonchev–Trinajstić information content (AvgIpc) is 3.05. The van der Waals surface area contributed by atoms with Gasteiger partial charge in [-0.3, -0.25) is 0 Å². The van der Waals surface area contributed by atoms with E-state index in [0.29, 0.717) is 12.2 Å². The van der Waals surface area contributed by atoms with E-state index in [2.05, 4.69) is 9.88 Å². The molecular weight excluding hydrogens is 244 g/mol. The summed E-state index contributed by atoms with van der Waals surface area (Å²) in [6.07, 6.45) is 5.88. The van der Waals surface area contributed by atoms with Gasteiger partial charge in [0.15, 0.2) is 5.56 Å². The van der Waals surface area contributed by atoms with Crippen LogP contribution >= 0.6 is 0 Å². The van der Waals surface area contributed by atoms with Crippen LogP contribution in [0.15, 0.2) is 18.5 Å². The van der Waals surface area contributed by atoms with E-state index in [-0.39, 0.29) is 5.56 Å². The molecule has 3 heterocycles. The highest BCUT2D eigenvalue weighted by molar-refractivity contribution is 5.93. The number of aryl methyl sites for hydroxylation is 1. The minimum absolute atomic E-state index is 0.253. The summed E-state index contributed by atoms with van der Waals surface area (Å²) in [5.74, 6) is -0.0652. The number of carbonyl (C=O) groups is 1. The van der Waals surface area contributed by atoms with Gasteiger partial charge in [0, 0.05) is 19.2 Å². The fourth-order valence-electron chi connectivity index (χ4n) is 2.58. The van der Waals surface area contributed by atoms with Crippen molar-refractivity contribution in [3.63, 3.8) is 0 Å². The second-order valence-electron chi connectivity index (χ2n) is 4.75. The van der Waals surface area contributed by atoms with Gasteiger partial charge in [-0.1, -0.05) is 0 Å². The molecule has 1 N–H and O–H groups in total. The van der Waals surface area contributed by atoms with Crippen LogP contribution < -0.4 is 9.42 Å². The van der Waals surface area contributed by atoms with Gasteiger partial charge in [0.2, 0.25) is 5.82 Å². The van der Waals surface area contributed by atoms with E-state index in [1.54, 1.807) is 10.7 Å². The Balaban J connectivity index is 2.14. The lowest BCUT2D eigenvalue weighted by atomic mass is 10.3. The van der Waals surface area contributed by atoms with Gasteiger partial charge in [0.05, 0.1) is 12.7 Å². The lowest BCUT2D eigenvalue weighted by Gasteiger charge is -2.11. The SMILES string of the molecule is CCn1cc(C(=O)O)c2nc(N3CCCC3)cc[n+]21. The molecule has 1 saturated heterocycles. The quantitative estimate of drug-likeness (QED) is 0.835. The maximum atomic E-state index is 11.3. The number of carboxylic acid groups (broad SMARTS) is 1. The van der Waals surface area contributed by atoms with Crippen molar-refractivity contribution in [2.24, 2.45) is 0 Å². The van der Waals surface area contributed by atoms with Crippen molar-refractivity contribution < 1.29 is 14.4 Å². The summed E-state index contributed by atoms with van der Waals surface area (Å²) in [5, 5.41) is 9.27. The molecule has 6 nitrogen and oxygen atoms in total. The van der Waals surface area contributed by atoms with Crippen LogP contribution in [0.2, 0.25) is 0 Å². The van der Waals surface area contributed by atoms with E-state index < -0.39 is 5.97 Å². The molecule has 2 aromatic heterocycles. The largest absolute Gasteiger partial charge is 0.477 e. The predicted octanol–water partition coefficient (Wildman–Crippen LogP) is 0.940. The third-order valence-electron chi connectivity index (χ3n) is 3.58. The maximum absolute atomic E-state index is 11.3.